The molecular weight excluding hydrogens is 296 g/mol. The van der Waals surface area contributed by atoms with E-state index >= 15 is 0 Å². The maximum Gasteiger partial charge on any atom is 0.275 e. The van der Waals surface area contributed by atoms with Crippen molar-refractivity contribution in [3.05, 3.63) is 75.6 Å². The Kier molecular flexibility index (Phi) is 3.96. The Labute approximate surface area is 143 Å². The molecule has 2 aromatic carbocycles. The molecule has 0 unspecified atom stereocenters. The summed E-state index contributed by atoms with van der Waals surface area (Å²) in [5.41, 5.74) is 5.70. The molecule has 0 saturated carbocycles. The normalized spacial score (nSPS) is 11.7. The van der Waals surface area contributed by atoms with Crippen LogP contribution in [0.25, 0.3) is 16.9 Å². The minimum Gasteiger partial charge on any atom is -0.290 e. The molecule has 3 heteroatoms. The van der Waals surface area contributed by atoms with Gasteiger partial charge in [-0.3, -0.25) is 9.89 Å². The Balaban J connectivity index is 2.30. The van der Waals surface area contributed by atoms with E-state index in [1.54, 1.807) is 4.68 Å². The minimum absolute atomic E-state index is 0.0182. The topological polar surface area (TPSA) is 37.8 Å². The highest BCUT2D eigenvalue weighted by Crippen LogP contribution is 2.30. The summed E-state index contributed by atoms with van der Waals surface area (Å²) in [6, 6.07) is 16.2. The summed E-state index contributed by atoms with van der Waals surface area (Å²) in [6.07, 6.45) is 0. The van der Waals surface area contributed by atoms with Crippen LogP contribution in [0.4, 0.5) is 0 Å². The number of nitrogens with one attached hydrogen (secondary N) is 1. The van der Waals surface area contributed by atoms with Crippen LogP contribution in [0.3, 0.4) is 0 Å². The zero-order chi connectivity index (χ0) is 17.5. The van der Waals surface area contributed by atoms with Crippen LogP contribution in [0.15, 0.2) is 53.3 Å². The van der Waals surface area contributed by atoms with Crippen LogP contribution in [0.5, 0.6) is 0 Å². The number of hydrogen-bond acceptors (Lipinski definition) is 1. The molecule has 1 heterocycles. The standard InChI is InChI=1S/C21H24N2O/c1-14-8-6-10-16(12-14)19-18(21(3,4)5)20(24)23(22-19)17-11-7-9-15(2)13-17/h6-13,22H,1-5H3. The second-order valence-corrected chi connectivity index (χ2v) is 7.46. The summed E-state index contributed by atoms with van der Waals surface area (Å²) in [7, 11) is 0. The third-order valence-corrected chi connectivity index (χ3v) is 4.21. The lowest BCUT2D eigenvalue weighted by atomic mass is 9.85. The predicted octanol–water partition coefficient (Wildman–Crippen LogP) is 4.75. The molecule has 0 aliphatic heterocycles. The number of aromatic amines is 1. The lowest BCUT2D eigenvalue weighted by Gasteiger charge is -2.17. The van der Waals surface area contributed by atoms with Gasteiger partial charge in [-0.1, -0.05) is 56.7 Å². The van der Waals surface area contributed by atoms with E-state index < -0.39 is 0 Å². The highest BCUT2D eigenvalue weighted by Gasteiger charge is 2.27. The van der Waals surface area contributed by atoms with Crippen LogP contribution in [0.1, 0.15) is 37.5 Å². The van der Waals surface area contributed by atoms with Crippen molar-refractivity contribution in [3.63, 3.8) is 0 Å². The van der Waals surface area contributed by atoms with Crippen LogP contribution >= 0.6 is 0 Å². The van der Waals surface area contributed by atoms with Gasteiger partial charge in [0.2, 0.25) is 0 Å². The van der Waals surface area contributed by atoms with Gasteiger partial charge in [0.15, 0.2) is 0 Å². The van der Waals surface area contributed by atoms with Gasteiger partial charge in [0.25, 0.3) is 5.56 Å². The van der Waals surface area contributed by atoms with Gasteiger partial charge < -0.3 is 0 Å². The van der Waals surface area contributed by atoms with Crippen molar-refractivity contribution in [3.8, 4) is 16.9 Å². The van der Waals surface area contributed by atoms with Crippen molar-refractivity contribution >= 4 is 0 Å². The quantitative estimate of drug-likeness (QED) is 0.727. The number of rotatable bonds is 2. The molecule has 0 aliphatic rings. The molecule has 0 atom stereocenters. The third kappa shape index (κ3) is 2.94. The highest BCUT2D eigenvalue weighted by molar-refractivity contribution is 5.65. The first-order valence-electron chi connectivity index (χ1n) is 8.27. The van der Waals surface area contributed by atoms with Crippen molar-refractivity contribution in [2.75, 3.05) is 0 Å². The van der Waals surface area contributed by atoms with Gasteiger partial charge in [-0.05, 0) is 43.0 Å². The maximum atomic E-state index is 13.1. The first-order valence-corrected chi connectivity index (χ1v) is 8.27. The number of H-pyrrole nitrogens is 1. The van der Waals surface area contributed by atoms with Gasteiger partial charge in [0.05, 0.1) is 16.9 Å². The zero-order valence-electron chi connectivity index (χ0n) is 15.0. The van der Waals surface area contributed by atoms with E-state index in [-0.39, 0.29) is 11.0 Å². The molecule has 0 bridgehead atoms. The molecule has 0 spiro atoms. The van der Waals surface area contributed by atoms with E-state index in [1.807, 2.05) is 43.3 Å². The number of nitrogens with zero attached hydrogens (tertiary/aromatic N) is 1. The van der Waals surface area contributed by atoms with E-state index in [0.29, 0.717) is 0 Å². The molecule has 1 aromatic heterocycles. The Morgan fingerprint density at radius 2 is 1.54 bits per heavy atom. The van der Waals surface area contributed by atoms with Crippen molar-refractivity contribution in [2.45, 2.75) is 40.0 Å². The van der Waals surface area contributed by atoms with Crippen molar-refractivity contribution in [1.29, 1.82) is 0 Å². The van der Waals surface area contributed by atoms with Crippen LogP contribution in [-0.4, -0.2) is 9.78 Å². The minimum atomic E-state index is -0.248. The fourth-order valence-corrected chi connectivity index (χ4v) is 3.09. The fourth-order valence-electron chi connectivity index (χ4n) is 3.09. The Hall–Kier alpha value is -2.55. The zero-order valence-corrected chi connectivity index (χ0v) is 15.0. The first-order chi connectivity index (χ1) is 11.3. The van der Waals surface area contributed by atoms with Crippen molar-refractivity contribution < 1.29 is 0 Å². The number of aryl methyl sites for hydroxylation is 2. The predicted molar refractivity (Wildman–Crippen MR) is 100.0 cm³/mol. The molecular formula is C21H24N2O. The van der Waals surface area contributed by atoms with Gasteiger partial charge in [0, 0.05) is 5.56 Å². The fraction of sp³-hybridized carbons (Fsp3) is 0.286. The van der Waals surface area contributed by atoms with Crippen LogP contribution < -0.4 is 5.56 Å². The molecule has 0 aliphatic carbocycles. The molecule has 1 N–H and O–H groups in total. The third-order valence-electron chi connectivity index (χ3n) is 4.21. The smallest absolute Gasteiger partial charge is 0.275 e. The molecule has 0 fully saturated rings. The van der Waals surface area contributed by atoms with Crippen molar-refractivity contribution in [2.24, 2.45) is 0 Å². The van der Waals surface area contributed by atoms with Crippen LogP contribution in [-0.2, 0) is 5.41 Å². The Bertz CT molecular complexity index is 939. The lowest BCUT2D eigenvalue weighted by Crippen LogP contribution is -2.25. The molecule has 0 radical (unpaired) electrons. The molecule has 24 heavy (non-hydrogen) atoms. The SMILES string of the molecule is Cc1cccc(-c2[nH]n(-c3cccc(C)c3)c(=O)c2C(C)(C)C)c1. The van der Waals surface area contributed by atoms with Gasteiger partial charge in [-0.2, -0.15) is 0 Å². The van der Waals surface area contributed by atoms with Gasteiger partial charge in [-0.15, -0.1) is 0 Å². The number of hydrogen-bond donors (Lipinski definition) is 1. The second-order valence-electron chi connectivity index (χ2n) is 7.46. The summed E-state index contributed by atoms with van der Waals surface area (Å²) in [5, 5.41) is 3.35. The largest absolute Gasteiger partial charge is 0.290 e. The molecule has 124 valence electrons. The Morgan fingerprint density at radius 1 is 0.917 bits per heavy atom. The van der Waals surface area contributed by atoms with Gasteiger partial charge >= 0.3 is 0 Å². The van der Waals surface area contributed by atoms with Gasteiger partial charge in [-0.25, -0.2) is 4.68 Å². The van der Waals surface area contributed by atoms with Crippen LogP contribution in [0.2, 0.25) is 0 Å². The summed E-state index contributed by atoms with van der Waals surface area (Å²) in [4.78, 5) is 13.1. The van der Waals surface area contributed by atoms with E-state index in [2.05, 4.69) is 44.9 Å². The van der Waals surface area contributed by atoms with E-state index in [4.69, 9.17) is 0 Å². The molecule has 3 nitrogen and oxygen atoms in total. The Morgan fingerprint density at radius 3 is 2.12 bits per heavy atom. The summed E-state index contributed by atoms with van der Waals surface area (Å²) in [6.45, 7) is 10.3. The van der Waals surface area contributed by atoms with E-state index in [0.717, 1.165) is 28.1 Å². The summed E-state index contributed by atoms with van der Waals surface area (Å²) in [5.74, 6) is 0. The van der Waals surface area contributed by atoms with Gasteiger partial charge in [0.1, 0.15) is 0 Å². The average Bonchev–Trinajstić information content (AvgIpc) is 2.85. The van der Waals surface area contributed by atoms with Crippen LogP contribution in [0, 0.1) is 13.8 Å². The van der Waals surface area contributed by atoms with E-state index in [9.17, 15) is 4.79 Å². The first kappa shape index (κ1) is 16.3. The molecule has 0 saturated heterocycles. The van der Waals surface area contributed by atoms with E-state index in [1.165, 1.54) is 5.56 Å². The van der Waals surface area contributed by atoms with Crippen molar-refractivity contribution in [1.82, 2.24) is 9.78 Å². The molecule has 3 rings (SSSR count). The second kappa shape index (κ2) is 5.82. The molecule has 0 amide bonds. The monoisotopic (exact) mass is 320 g/mol. The number of aromatic nitrogens is 2. The highest BCUT2D eigenvalue weighted by atomic mass is 16.1. The number of benzene rings is 2. The molecule has 3 aromatic rings. The average molecular weight is 320 g/mol. The maximum absolute atomic E-state index is 13.1. The lowest BCUT2D eigenvalue weighted by molar-refractivity contribution is 0.586. The summed E-state index contributed by atoms with van der Waals surface area (Å²) < 4.78 is 1.66. The summed E-state index contributed by atoms with van der Waals surface area (Å²) >= 11 is 0.